The molecule has 0 aliphatic rings. The van der Waals surface area contributed by atoms with Crippen LogP contribution in [-0.2, 0) is 6.54 Å². The Morgan fingerprint density at radius 2 is 1.79 bits per heavy atom. The highest BCUT2D eigenvalue weighted by Gasteiger charge is 2.10. The van der Waals surface area contributed by atoms with Gasteiger partial charge in [0.05, 0.1) is 16.8 Å². The molecule has 0 spiro atoms. The normalized spacial score (nSPS) is 11.4. The zero-order valence-corrected chi connectivity index (χ0v) is 17.6. The molecule has 0 aliphatic carbocycles. The van der Waals surface area contributed by atoms with Crippen LogP contribution in [0.3, 0.4) is 0 Å². The van der Waals surface area contributed by atoms with Gasteiger partial charge in [-0.25, -0.2) is 0 Å². The molecule has 4 nitrogen and oxygen atoms in total. The van der Waals surface area contributed by atoms with Crippen molar-refractivity contribution in [1.29, 1.82) is 0 Å². The van der Waals surface area contributed by atoms with Gasteiger partial charge in [-0.05, 0) is 54.6 Å². The number of hydrogen-bond donors (Lipinski definition) is 0. The molecule has 6 heteroatoms. The van der Waals surface area contributed by atoms with Gasteiger partial charge in [-0.15, -0.1) is 6.42 Å². The number of amides is 1. The van der Waals surface area contributed by atoms with Gasteiger partial charge in [0.1, 0.15) is 11.5 Å². The standard InChI is InChI=1S/C23H15BrN2O2S/c1-2-14-26-20-13-10-17(24)15-21(20)29-23(26)25-22(27)16-8-11-19(12-9-16)28-18-6-4-3-5-7-18/h1,3-13,15H,14H2. The first-order valence-corrected chi connectivity index (χ1v) is 10.4. The Hall–Kier alpha value is -3.14. The van der Waals surface area contributed by atoms with Crippen molar-refractivity contribution in [2.75, 3.05) is 0 Å². The second-order valence-electron chi connectivity index (χ2n) is 6.14. The molecule has 29 heavy (non-hydrogen) atoms. The number of benzene rings is 3. The molecule has 0 radical (unpaired) electrons. The Kier molecular flexibility index (Phi) is 5.61. The smallest absolute Gasteiger partial charge is 0.279 e. The highest BCUT2D eigenvalue weighted by Crippen LogP contribution is 2.23. The zero-order valence-electron chi connectivity index (χ0n) is 15.2. The molecular weight excluding hydrogens is 448 g/mol. The van der Waals surface area contributed by atoms with Crippen molar-refractivity contribution in [3.8, 4) is 23.8 Å². The molecule has 3 aromatic carbocycles. The Balaban J connectivity index is 1.64. The van der Waals surface area contributed by atoms with E-state index in [0.29, 0.717) is 22.7 Å². The Bertz CT molecular complexity index is 1280. The van der Waals surface area contributed by atoms with Crippen molar-refractivity contribution in [3.63, 3.8) is 0 Å². The fraction of sp³-hybridized carbons (Fsp3) is 0.0435. The lowest BCUT2D eigenvalue weighted by Crippen LogP contribution is -2.16. The third-order valence-electron chi connectivity index (χ3n) is 4.17. The first-order valence-electron chi connectivity index (χ1n) is 8.78. The molecule has 0 fully saturated rings. The molecule has 0 aliphatic heterocycles. The molecule has 1 heterocycles. The minimum Gasteiger partial charge on any atom is -0.457 e. The molecule has 4 rings (SSSR count). The summed E-state index contributed by atoms with van der Waals surface area (Å²) in [5.41, 5.74) is 1.44. The van der Waals surface area contributed by atoms with Crippen LogP contribution in [0.2, 0.25) is 0 Å². The molecule has 1 aromatic heterocycles. The lowest BCUT2D eigenvalue weighted by Gasteiger charge is -2.05. The molecule has 0 saturated carbocycles. The second-order valence-corrected chi connectivity index (χ2v) is 8.07. The van der Waals surface area contributed by atoms with E-state index in [1.807, 2.05) is 53.1 Å². The van der Waals surface area contributed by atoms with Crippen molar-refractivity contribution in [3.05, 3.63) is 87.6 Å². The Morgan fingerprint density at radius 1 is 1.07 bits per heavy atom. The summed E-state index contributed by atoms with van der Waals surface area (Å²) in [5, 5.41) is 0. The zero-order chi connectivity index (χ0) is 20.2. The molecule has 4 aromatic rings. The predicted molar refractivity (Wildman–Crippen MR) is 119 cm³/mol. The van der Waals surface area contributed by atoms with Gasteiger partial charge in [-0.1, -0.05) is 51.4 Å². The maximum absolute atomic E-state index is 12.7. The average Bonchev–Trinajstić information content (AvgIpc) is 3.05. The fourth-order valence-corrected chi connectivity index (χ4v) is 4.40. The van der Waals surface area contributed by atoms with Crippen LogP contribution in [0.5, 0.6) is 11.5 Å². The van der Waals surface area contributed by atoms with Crippen molar-refractivity contribution >= 4 is 43.4 Å². The monoisotopic (exact) mass is 462 g/mol. The van der Waals surface area contributed by atoms with Gasteiger partial charge >= 0.3 is 0 Å². The van der Waals surface area contributed by atoms with Crippen LogP contribution < -0.4 is 9.54 Å². The molecule has 0 unspecified atom stereocenters. The van der Waals surface area contributed by atoms with E-state index in [-0.39, 0.29) is 5.91 Å². The number of nitrogens with zero attached hydrogens (tertiary/aromatic N) is 2. The molecule has 0 N–H and O–H groups in total. The number of terminal acetylenes is 1. The molecule has 0 bridgehead atoms. The van der Waals surface area contributed by atoms with Crippen LogP contribution >= 0.6 is 27.3 Å². The average molecular weight is 463 g/mol. The van der Waals surface area contributed by atoms with E-state index in [4.69, 9.17) is 11.2 Å². The molecule has 0 saturated heterocycles. The van der Waals surface area contributed by atoms with Crippen molar-refractivity contribution in [2.24, 2.45) is 4.99 Å². The number of carbonyl (C=O) groups is 1. The summed E-state index contributed by atoms with van der Waals surface area (Å²) in [4.78, 5) is 17.6. The lowest BCUT2D eigenvalue weighted by atomic mass is 10.2. The predicted octanol–water partition coefficient (Wildman–Crippen LogP) is 5.63. The summed E-state index contributed by atoms with van der Waals surface area (Å²) in [5.74, 6) is 3.70. The van der Waals surface area contributed by atoms with Crippen LogP contribution in [0.4, 0.5) is 0 Å². The van der Waals surface area contributed by atoms with E-state index >= 15 is 0 Å². The summed E-state index contributed by atoms with van der Waals surface area (Å²) in [6, 6.07) is 22.3. The topological polar surface area (TPSA) is 43.6 Å². The summed E-state index contributed by atoms with van der Waals surface area (Å²) in [7, 11) is 0. The van der Waals surface area contributed by atoms with Gasteiger partial charge in [-0.3, -0.25) is 4.79 Å². The summed E-state index contributed by atoms with van der Waals surface area (Å²) in [6.45, 7) is 0.345. The van der Waals surface area contributed by atoms with E-state index in [0.717, 1.165) is 20.4 Å². The van der Waals surface area contributed by atoms with Crippen LogP contribution in [0.1, 0.15) is 10.4 Å². The molecule has 142 valence electrons. The van der Waals surface area contributed by atoms with Gasteiger partial charge in [0.2, 0.25) is 0 Å². The Labute approximate surface area is 180 Å². The van der Waals surface area contributed by atoms with Gasteiger partial charge in [0.25, 0.3) is 5.91 Å². The maximum atomic E-state index is 12.7. The maximum Gasteiger partial charge on any atom is 0.279 e. The minimum absolute atomic E-state index is 0.326. The van der Waals surface area contributed by atoms with Crippen molar-refractivity contribution in [2.45, 2.75) is 6.54 Å². The largest absolute Gasteiger partial charge is 0.457 e. The summed E-state index contributed by atoms with van der Waals surface area (Å²) >= 11 is 4.90. The first-order chi connectivity index (χ1) is 14.1. The van der Waals surface area contributed by atoms with Crippen LogP contribution in [-0.4, -0.2) is 10.5 Å². The first kappa shape index (κ1) is 19.2. The number of fused-ring (bicyclic) bond motifs is 1. The van der Waals surface area contributed by atoms with E-state index in [1.165, 1.54) is 11.3 Å². The van der Waals surface area contributed by atoms with E-state index in [9.17, 15) is 4.79 Å². The van der Waals surface area contributed by atoms with E-state index < -0.39 is 0 Å². The third-order valence-corrected chi connectivity index (χ3v) is 5.71. The van der Waals surface area contributed by atoms with Crippen molar-refractivity contribution in [1.82, 2.24) is 4.57 Å². The minimum atomic E-state index is -0.326. The summed E-state index contributed by atoms with van der Waals surface area (Å²) < 4.78 is 9.61. The number of rotatable bonds is 4. The van der Waals surface area contributed by atoms with E-state index in [1.54, 1.807) is 24.3 Å². The number of carbonyl (C=O) groups excluding carboxylic acids is 1. The van der Waals surface area contributed by atoms with Gasteiger partial charge in [0.15, 0.2) is 4.80 Å². The van der Waals surface area contributed by atoms with E-state index in [2.05, 4.69) is 26.8 Å². The van der Waals surface area contributed by atoms with Crippen LogP contribution in [0.25, 0.3) is 10.2 Å². The van der Waals surface area contributed by atoms with Crippen LogP contribution in [0, 0.1) is 12.3 Å². The second kappa shape index (κ2) is 8.48. The number of halogens is 1. The number of thiazole rings is 1. The number of hydrogen-bond acceptors (Lipinski definition) is 3. The molecular formula is C23H15BrN2O2S. The highest BCUT2D eigenvalue weighted by molar-refractivity contribution is 9.10. The van der Waals surface area contributed by atoms with Gasteiger partial charge in [0, 0.05) is 10.0 Å². The SMILES string of the molecule is C#CCn1c(=NC(=O)c2ccc(Oc3ccccc3)cc2)sc2cc(Br)ccc21. The number of ether oxygens (including phenoxy) is 1. The summed E-state index contributed by atoms with van der Waals surface area (Å²) in [6.07, 6.45) is 5.52. The lowest BCUT2D eigenvalue weighted by molar-refractivity contribution is 0.0998. The number of aromatic nitrogens is 1. The molecule has 0 atom stereocenters. The van der Waals surface area contributed by atoms with Gasteiger partial charge < -0.3 is 9.30 Å². The molecule has 1 amide bonds. The number of para-hydroxylation sites is 1. The fourth-order valence-electron chi connectivity index (χ4n) is 2.82. The van der Waals surface area contributed by atoms with Crippen molar-refractivity contribution < 1.29 is 9.53 Å². The highest BCUT2D eigenvalue weighted by atomic mass is 79.9. The van der Waals surface area contributed by atoms with Crippen LogP contribution in [0.15, 0.2) is 82.3 Å². The Morgan fingerprint density at radius 3 is 2.52 bits per heavy atom. The quantitative estimate of drug-likeness (QED) is 0.368. The van der Waals surface area contributed by atoms with Gasteiger partial charge in [-0.2, -0.15) is 4.99 Å². The third kappa shape index (κ3) is 4.32.